The fraction of sp³-hybridized carbons (Fsp3) is 0.429. The molecule has 1 heterocycles. The van der Waals surface area contributed by atoms with Crippen molar-refractivity contribution in [3.05, 3.63) is 59.9 Å². The number of rotatable bonds is 8. The van der Waals surface area contributed by atoms with Crippen molar-refractivity contribution in [2.75, 3.05) is 45.9 Å². The van der Waals surface area contributed by atoms with Gasteiger partial charge in [0.25, 0.3) is 0 Å². The molecule has 0 aromatic heterocycles. The lowest BCUT2D eigenvalue weighted by atomic mass is 10.1. The number of benzene rings is 2. The van der Waals surface area contributed by atoms with E-state index in [0.717, 1.165) is 57.9 Å². The maximum Gasteiger partial charge on any atom is 0.123 e. The number of halogens is 3. The van der Waals surface area contributed by atoms with E-state index >= 15 is 0 Å². The average molecular weight is 431 g/mol. The highest BCUT2D eigenvalue weighted by molar-refractivity contribution is 5.85. The molecule has 0 atom stereocenters. The standard InChI is InChI=1S/C21H27FN2O2.2ClH/c22-19-5-9-21(10-6-19)26-17-16-24-14-12-23(13-15-24)11-1-2-18-3-7-20(25)8-4-18;;/h3-10,25H,1-2,11-17H2;2*1H. The maximum atomic E-state index is 12.9. The zero-order valence-electron chi connectivity index (χ0n) is 15.9. The van der Waals surface area contributed by atoms with Crippen LogP contribution in [-0.2, 0) is 6.42 Å². The van der Waals surface area contributed by atoms with Gasteiger partial charge in [-0.2, -0.15) is 0 Å². The Hall–Kier alpha value is -1.53. The van der Waals surface area contributed by atoms with E-state index in [2.05, 4.69) is 9.80 Å². The van der Waals surface area contributed by atoms with Gasteiger partial charge in [-0.1, -0.05) is 12.1 Å². The first-order valence-corrected chi connectivity index (χ1v) is 9.30. The molecule has 2 aromatic rings. The molecule has 2 aromatic carbocycles. The Morgan fingerprint density at radius 2 is 1.39 bits per heavy atom. The van der Waals surface area contributed by atoms with Crippen molar-refractivity contribution in [1.29, 1.82) is 0 Å². The van der Waals surface area contributed by atoms with E-state index in [1.165, 1.54) is 17.7 Å². The number of nitrogens with zero attached hydrogens (tertiary/aromatic N) is 2. The van der Waals surface area contributed by atoms with Crippen molar-refractivity contribution >= 4 is 24.8 Å². The largest absolute Gasteiger partial charge is 0.508 e. The first-order valence-electron chi connectivity index (χ1n) is 9.30. The fourth-order valence-electron chi connectivity index (χ4n) is 3.23. The van der Waals surface area contributed by atoms with Crippen LogP contribution in [0.15, 0.2) is 48.5 Å². The molecule has 156 valence electrons. The van der Waals surface area contributed by atoms with Crippen molar-refractivity contribution in [3.63, 3.8) is 0 Å². The number of aromatic hydroxyl groups is 1. The van der Waals surface area contributed by atoms with Gasteiger partial charge in [0.05, 0.1) is 0 Å². The van der Waals surface area contributed by atoms with Crippen molar-refractivity contribution < 1.29 is 14.2 Å². The van der Waals surface area contributed by atoms with Gasteiger partial charge in [0.1, 0.15) is 23.9 Å². The van der Waals surface area contributed by atoms with Gasteiger partial charge in [-0.25, -0.2) is 4.39 Å². The van der Waals surface area contributed by atoms with Crippen LogP contribution >= 0.6 is 24.8 Å². The summed E-state index contributed by atoms with van der Waals surface area (Å²) in [5.41, 5.74) is 1.28. The molecular formula is C21H29Cl2FN2O2. The van der Waals surface area contributed by atoms with Crippen LogP contribution in [0.4, 0.5) is 4.39 Å². The summed E-state index contributed by atoms with van der Waals surface area (Å²) in [6.45, 7) is 6.95. The summed E-state index contributed by atoms with van der Waals surface area (Å²) in [5, 5.41) is 9.31. The third kappa shape index (κ3) is 8.23. The summed E-state index contributed by atoms with van der Waals surface area (Å²) < 4.78 is 18.5. The fourth-order valence-corrected chi connectivity index (χ4v) is 3.23. The lowest BCUT2D eigenvalue weighted by Crippen LogP contribution is -2.47. The second kappa shape index (κ2) is 12.8. The van der Waals surface area contributed by atoms with Crippen LogP contribution < -0.4 is 4.74 Å². The summed E-state index contributed by atoms with van der Waals surface area (Å²) in [4.78, 5) is 4.93. The smallest absolute Gasteiger partial charge is 0.123 e. The first-order chi connectivity index (χ1) is 12.7. The van der Waals surface area contributed by atoms with Crippen LogP contribution in [0, 0.1) is 5.82 Å². The highest BCUT2D eigenvalue weighted by Crippen LogP contribution is 2.13. The normalized spacial score (nSPS) is 14.8. The Balaban J connectivity index is 0.00000196. The predicted octanol–water partition coefficient (Wildman–Crippen LogP) is 4.00. The van der Waals surface area contributed by atoms with Crippen LogP contribution in [0.1, 0.15) is 12.0 Å². The summed E-state index contributed by atoms with van der Waals surface area (Å²) in [7, 11) is 0. The van der Waals surface area contributed by atoms with Crippen molar-refractivity contribution in [3.8, 4) is 11.5 Å². The van der Waals surface area contributed by atoms with E-state index in [-0.39, 0.29) is 30.6 Å². The molecule has 1 aliphatic rings. The molecule has 0 aliphatic carbocycles. The van der Waals surface area contributed by atoms with Gasteiger partial charge in [0, 0.05) is 32.7 Å². The van der Waals surface area contributed by atoms with Crippen molar-refractivity contribution in [2.45, 2.75) is 12.8 Å². The van der Waals surface area contributed by atoms with Crippen LogP contribution in [0.2, 0.25) is 0 Å². The minimum Gasteiger partial charge on any atom is -0.508 e. The van der Waals surface area contributed by atoms with E-state index < -0.39 is 0 Å². The van der Waals surface area contributed by atoms with Crippen LogP contribution in [0.3, 0.4) is 0 Å². The monoisotopic (exact) mass is 430 g/mol. The van der Waals surface area contributed by atoms with E-state index in [1.807, 2.05) is 12.1 Å². The second-order valence-electron chi connectivity index (χ2n) is 6.76. The number of ether oxygens (including phenoxy) is 1. The molecule has 1 aliphatic heterocycles. The van der Waals surface area contributed by atoms with E-state index in [9.17, 15) is 9.50 Å². The summed E-state index contributed by atoms with van der Waals surface area (Å²) in [6, 6.07) is 13.7. The zero-order chi connectivity index (χ0) is 18.2. The number of piperazine rings is 1. The molecule has 0 amide bonds. The van der Waals surface area contributed by atoms with Gasteiger partial charge in [0.15, 0.2) is 0 Å². The SMILES string of the molecule is Cl.Cl.Oc1ccc(CCCN2CCN(CCOc3ccc(F)cc3)CC2)cc1. The molecule has 1 N–H and O–H groups in total. The van der Waals surface area contributed by atoms with Gasteiger partial charge < -0.3 is 14.7 Å². The molecule has 28 heavy (non-hydrogen) atoms. The molecular weight excluding hydrogens is 402 g/mol. The number of aryl methyl sites for hydroxylation is 1. The Bertz CT molecular complexity index is 604. The molecule has 1 saturated heterocycles. The minimum atomic E-state index is -0.237. The van der Waals surface area contributed by atoms with Crippen molar-refractivity contribution in [2.24, 2.45) is 0 Å². The molecule has 0 bridgehead atoms. The highest BCUT2D eigenvalue weighted by Gasteiger charge is 2.16. The molecule has 3 rings (SSSR count). The van der Waals surface area contributed by atoms with Crippen molar-refractivity contribution in [1.82, 2.24) is 9.80 Å². The molecule has 4 nitrogen and oxygen atoms in total. The number of phenols is 1. The average Bonchev–Trinajstić information content (AvgIpc) is 2.66. The molecule has 7 heteroatoms. The highest BCUT2D eigenvalue weighted by atomic mass is 35.5. The van der Waals surface area contributed by atoms with Gasteiger partial charge in [-0.3, -0.25) is 4.90 Å². The maximum absolute atomic E-state index is 12.9. The molecule has 0 saturated carbocycles. The molecule has 1 fully saturated rings. The lowest BCUT2D eigenvalue weighted by Gasteiger charge is -2.34. The van der Waals surface area contributed by atoms with Gasteiger partial charge in [0.2, 0.25) is 0 Å². The van der Waals surface area contributed by atoms with Gasteiger partial charge in [-0.15, -0.1) is 24.8 Å². The second-order valence-corrected chi connectivity index (χ2v) is 6.76. The molecule has 0 radical (unpaired) electrons. The summed E-state index contributed by atoms with van der Waals surface area (Å²) in [5.74, 6) is 0.812. The topological polar surface area (TPSA) is 35.9 Å². The third-order valence-electron chi connectivity index (χ3n) is 4.83. The van der Waals surface area contributed by atoms with Gasteiger partial charge in [-0.05, 0) is 61.3 Å². The Morgan fingerprint density at radius 3 is 2.00 bits per heavy atom. The van der Waals surface area contributed by atoms with Crippen LogP contribution in [-0.4, -0.2) is 60.8 Å². The molecule has 0 unspecified atom stereocenters. The zero-order valence-corrected chi connectivity index (χ0v) is 17.6. The van der Waals surface area contributed by atoms with Crippen LogP contribution in [0.25, 0.3) is 0 Å². The number of hydrogen-bond donors (Lipinski definition) is 1. The Labute approximate surface area is 179 Å². The number of phenolic OH excluding ortho intramolecular Hbond substituents is 1. The molecule has 0 spiro atoms. The van der Waals surface area contributed by atoms with Crippen LogP contribution in [0.5, 0.6) is 11.5 Å². The quantitative estimate of drug-likeness (QED) is 0.686. The third-order valence-corrected chi connectivity index (χ3v) is 4.83. The summed E-state index contributed by atoms with van der Waals surface area (Å²) >= 11 is 0. The first kappa shape index (κ1) is 24.5. The lowest BCUT2D eigenvalue weighted by molar-refractivity contribution is 0.116. The van der Waals surface area contributed by atoms with E-state index in [4.69, 9.17) is 4.74 Å². The van der Waals surface area contributed by atoms with Gasteiger partial charge >= 0.3 is 0 Å². The van der Waals surface area contributed by atoms with E-state index in [0.29, 0.717) is 12.4 Å². The Morgan fingerprint density at radius 1 is 0.821 bits per heavy atom. The minimum absolute atomic E-state index is 0. The van der Waals surface area contributed by atoms with E-state index in [1.54, 1.807) is 24.3 Å². The number of hydrogen-bond acceptors (Lipinski definition) is 4. The Kier molecular flexibility index (Phi) is 11.2. The predicted molar refractivity (Wildman–Crippen MR) is 116 cm³/mol. The summed E-state index contributed by atoms with van der Waals surface area (Å²) in [6.07, 6.45) is 2.18.